The lowest BCUT2D eigenvalue weighted by atomic mass is 10.1. The third-order valence-corrected chi connectivity index (χ3v) is 4.68. The van der Waals surface area contributed by atoms with Gasteiger partial charge in [0, 0.05) is 30.1 Å². The summed E-state index contributed by atoms with van der Waals surface area (Å²) in [5.74, 6) is -0.179. The van der Waals surface area contributed by atoms with E-state index in [1.807, 2.05) is 12.1 Å². The quantitative estimate of drug-likeness (QED) is 0.296. The summed E-state index contributed by atoms with van der Waals surface area (Å²) in [5.41, 5.74) is 2.15. The molecule has 124 valence electrons. The number of aryl methyl sites for hydroxylation is 1. The van der Waals surface area contributed by atoms with Crippen molar-refractivity contribution in [3.8, 4) is 10.6 Å². The van der Waals surface area contributed by atoms with Gasteiger partial charge in [-0.25, -0.2) is 4.98 Å². The van der Waals surface area contributed by atoms with E-state index in [1.54, 1.807) is 37.5 Å². The van der Waals surface area contributed by atoms with E-state index in [-0.39, 0.29) is 11.5 Å². The van der Waals surface area contributed by atoms with Crippen LogP contribution in [0, 0.1) is 17.0 Å². The molecule has 0 amide bonds. The summed E-state index contributed by atoms with van der Waals surface area (Å²) >= 11 is 1.32. The minimum atomic E-state index is -0.465. The van der Waals surface area contributed by atoms with Crippen molar-refractivity contribution in [2.45, 2.75) is 6.92 Å². The van der Waals surface area contributed by atoms with E-state index in [0.29, 0.717) is 16.1 Å². The Labute approximate surface area is 147 Å². The van der Waals surface area contributed by atoms with Gasteiger partial charge >= 0.3 is 0 Å². The second kappa shape index (κ2) is 7.14. The number of carbonyl (C=O) groups excluding carboxylic acids is 1. The Morgan fingerprint density at radius 1 is 1.24 bits per heavy atom. The number of nitrogens with zero attached hydrogens (tertiary/aromatic N) is 3. The second-order valence-corrected chi connectivity index (χ2v) is 6.22. The molecule has 2 aromatic heterocycles. The SMILES string of the molecule is Cc1nc(-c2ccncc2)sc1C(=O)/C=C/c1cccc([N+](=O)[O-])c1. The van der Waals surface area contributed by atoms with Crippen LogP contribution >= 0.6 is 11.3 Å². The van der Waals surface area contributed by atoms with Crippen molar-refractivity contribution < 1.29 is 9.72 Å². The van der Waals surface area contributed by atoms with E-state index < -0.39 is 4.92 Å². The smallest absolute Gasteiger partial charge is 0.270 e. The highest BCUT2D eigenvalue weighted by Crippen LogP contribution is 2.28. The fraction of sp³-hybridized carbons (Fsp3) is 0.0556. The van der Waals surface area contributed by atoms with Gasteiger partial charge in [-0.05, 0) is 30.7 Å². The molecule has 0 radical (unpaired) electrons. The lowest BCUT2D eigenvalue weighted by molar-refractivity contribution is -0.384. The number of hydrogen-bond acceptors (Lipinski definition) is 6. The van der Waals surface area contributed by atoms with E-state index in [9.17, 15) is 14.9 Å². The molecule has 7 heteroatoms. The number of hydrogen-bond donors (Lipinski definition) is 0. The van der Waals surface area contributed by atoms with Crippen LogP contribution in [0.4, 0.5) is 5.69 Å². The number of rotatable bonds is 5. The van der Waals surface area contributed by atoms with Gasteiger partial charge in [-0.15, -0.1) is 11.3 Å². The molecule has 0 bridgehead atoms. The number of carbonyl (C=O) groups is 1. The standard InChI is InChI=1S/C18H13N3O3S/c1-12-17(25-18(20-12)14-7-9-19-10-8-14)16(22)6-5-13-3-2-4-15(11-13)21(23)24/h2-11H,1H3/b6-5+. The molecule has 6 nitrogen and oxygen atoms in total. The number of aromatic nitrogens is 2. The van der Waals surface area contributed by atoms with Gasteiger partial charge in [0.05, 0.1) is 15.5 Å². The monoisotopic (exact) mass is 351 g/mol. The highest BCUT2D eigenvalue weighted by atomic mass is 32.1. The van der Waals surface area contributed by atoms with Gasteiger partial charge < -0.3 is 0 Å². The van der Waals surface area contributed by atoms with Crippen molar-refractivity contribution in [3.63, 3.8) is 0 Å². The summed E-state index contributed by atoms with van der Waals surface area (Å²) in [7, 11) is 0. The van der Waals surface area contributed by atoms with Crippen LogP contribution < -0.4 is 0 Å². The molecule has 0 aliphatic carbocycles. The first kappa shape index (κ1) is 16.7. The molecule has 3 rings (SSSR count). The van der Waals surface area contributed by atoms with Gasteiger partial charge in [0.1, 0.15) is 5.01 Å². The van der Waals surface area contributed by atoms with E-state index in [0.717, 1.165) is 10.6 Å². The molecule has 1 aromatic carbocycles. The molecule has 3 aromatic rings. The summed E-state index contributed by atoms with van der Waals surface area (Å²) in [4.78, 5) is 31.7. The zero-order chi connectivity index (χ0) is 17.8. The van der Waals surface area contributed by atoms with Crippen LogP contribution in [0.2, 0.25) is 0 Å². The molecule has 0 spiro atoms. The largest absolute Gasteiger partial charge is 0.288 e. The van der Waals surface area contributed by atoms with Gasteiger partial charge in [0.15, 0.2) is 5.78 Å². The molecule has 0 fully saturated rings. The fourth-order valence-electron chi connectivity index (χ4n) is 2.23. The van der Waals surface area contributed by atoms with Crippen LogP contribution in [0.25, 0.3) is 16.6 Å². The van der Waals surface area contributed by atoms with Crippen LogP contribution in [0.5, 0.6) is 0 Å². The molecular formula is C18H13N3O3S. The average Bonchev–Trinajstić information content (AvgIpc) is 3.02. The van der Waals surface area contributed by atoms with E-state index >= 15 is 0 Å². The van der Waals surface area contributed by atoms with Gasteiger partial charge in [0.25, 0.3) is 5.69 Å². The highest BCUT2D eigenvalue weighted by molar-refractivity contribution is 7.17. The summed E-state index contributed by atoms with van der Waals surface area (Å²) in [5, 5.41) is 11.6. The third kappa shape index (κ3) is 3.84. The first-order valence-corrected chi connectivity index (χ1v) is 8.21. The zero-order valence-corrected chi connectivity index (χ0v) is 14.1. The maximum Gasteiger partial charge on any atom is 0.270 e. The number of thiazole rings is 1. The zero-order valence-electron chi connectivity index (χ0n) is 13.2. The molecule has 0 saturated heterocycles. The van der Waals surface area contributed by atoms with Gasteiger partial charge in [-0.3, -0.25) is 19.9 Å². The number of non-ortho nitro benzene ring substituents is 1. The summed E-state index contributed by atoms with van der Waals surface area (Å²) < 4.78 is 0. The Bertz CT molecular complexity index is 965. The topological polar surface area (TPSA) is 86.0 Å². The number of pyridine rings is 1. The molecule has 0 N–H and O–H groups in total. The van der Waals surface area contributed by atoms with Gasteiger partial charge in [0.2, 0.25) is 0 Å². The van der Waals surface area contributed by atoms with Crippen molar-refractivity contribution in [1.82, 2.24) is 9.97 Å². The minimum absolute atomic E-state index is 0.0106. The molecule has 25 heavy (non-hydrogen) atoms. The van der Waals surface area contributed by atoms with E-state index in [4.69, 9.17) is 0 Å². The molecule has 0 saturated carbocycles. The van der Waals surface area contributed by atoms with Crippen molar-refractivity contribution in [1.29, 1.82) is 0 Å². The van der Waals surface area contributed by atoms with Crippen LogP contribution in [0.3, 0.4) is 0 Å². The van der Waals surface area contributed by atoms with Gasteiger partial charge in [-0.2, -0.15) is 0 Å². The number of nitro groups is 1. The van der Waals surface area contributed by atoms with Crippen molar-refractivity contribution in [2.75, 3.05) is 0 Å². The van der Waals surface area contributed by atoms with Crippen LogP contribution in [0.15, 0.2) is 54.9 Å². The van der Waals surface area contributed by atoms with Crippen LogP contribution in [-0.4, -0.2) is 20.7 Å². The molecule has 0 aliphatic heterocycles. The first-order valence-electron chi connectivity index (χ1n) is 7.39. The average molecular weight is 351 g/mol. The lowest BCUT2D eigenvalue weighted by Crippen LogP contribution is -1.93. The summed E-state index contributed by atoms with van der Waals surface area (Å²) in [6, 6.07) is 9.80. The van der Waals surface area contributed by atoms with Crippen molar-refractivity contribution in [3.05, 3.63) is 81.1 Å². The molecule has 0 aliphatic rings. The Morgan fingerprint density at radius 3 is 2.72 bits per heavy atom. The Balaban J connectivity index is 1.83. The normalized spacial score (nSPS) is 10.9. The van der Waals surface area contributed by atoms with Crippen LogP contribution in [-0.2, 0) is 0 Å². The third-order valence-electron chi connectivity index (χ3n) is 3.46. The predicted molar refractivity (Wildman–Crippen MR) is 96.5 cm³/mol. The Kier molecular flexibility index (Phi) is 4.76. The maximum absolute atomic E-state index is 12.4. The Morgan fingerprint density at radius 2 is 2.00 bits per heavy atom. The second-order valence-electron chi connectivity index (χ2n) is 5.22. The molecule has 0 atom stereocenters. The summed E-state index contributed by atoms with van der Waals surface area (Å²) in [6.07, 6.45) is 6.34. The van der Waals surface area contributed by atoms with Crippen LogP contribution in [0.1, 0.15) is 20.9 Å². The van der Waals surface area contributed by atoms with Crippen molar-refractivity contribution in [2.24, 2.45) is 0 Å². The summed E-state index contributed by atoms with van der Waals surface area (Å²) in [6.45, 7) is 1.79. The fourth-order valence-corrected chi connectivity index (χ4v) is 3.22. The predicted octanol–water partition coefficient (Wildman–Crippen LogP) is 4.32. The molecule has 2 heterocycles. The molecule has 0 unspecified atom stereocenters. The van der Waals surface area contributed by atoms with E-state index in [2.05, 4.69) is 9.97 Å². The number of ketones is 1. The minimum Gasteiger partial charge on any atom is -0.288 e. The van der Waals surface area contributed by atoms with Gasteiger partial charge in [-0.1, -0.05) is 18.2 Å². The Hall–Kier alpha value is -3.19. The molecular weight excluding hydrogens is 338 g/mol. The number of benzene rings is 1. The highest BCUT2D eigenvalue weighted by Gasteiger charge is 2.14. The lowest BCUT2D eigenvalue weighted by Gasteiger charge is -1.95. The maximum atomic E-state index is 12.4. The van der Waals surface area contributed by atoms with Crippen molar-refractivity contribution >= 4 is 28.9 Å². The number of allylic oxidation sites excluding steroid dienone is 1. The van der Waals surface area contributed by atoms with E-state index in [1.165, 1.54) is 29.5 Å². The first-order chi connectivity index (χ1) is 12.0. The number of nitro benzene ring substituents is 1.